The number of aromatic amines is 1. The van der Waals surface area contributed by atoms with Crippen LogP contribution in [0.15, 0.2) is 48.9 Å². The molecule has 1 amide bonds. The third-order valence-corrected chi connectivity index (χ3v) is 4.44. The number of carbonyl (C=O) groups is 1. The first-order chi connectivity index (χ1) is 12.1. The third kappa shape index (κ3) is 3.88. The first-order valence-electron chi connectivity index (χ1n) is 8.55. The van der Waals surface area contributed by atoms with Crippen molar-refractivity contribution in [3.63, 3.8) is 0 Å². The minimum Gasteiger partial charge on any atom is -0.388 e. The van der Waals surface area contributed by atoms with Crippen molar-refractivity contribution >= 4 is 16.7 Å². The number of fused-ring (bicyclic) bond motifs is 1. The summed E-state index contributed by atoms with van der Waals surface area (Å²) in [5.74, 6) is -0.00537. The van der Waals surface area contributed by atoms with Crippen molar-refractivity contribution in [2.45, 2.75) is 26.4 Å². The lowest BCUT2D eigenvalue weighted by atomic mass is 9.92. The van der Waals surface area contributed by atoms with E-state index in [1.807, 2.05) is 50.2 Å². The molecule has 3 rings (SSSR count). The summed E-state index contributed by atoms with van der Waals surface area (Å²) in [6.07, 6.45) is 3.61. The van der Waals surface area contributed by atoms with Gasteiger partial charge in [-0.05, 0) is 53.8 Å². The zero-order valence-electron chi connectivity index (χ0n) is 14.5. The number of nitrogens with one attached hydrogen (secondary N) is 2. The van der Waals surface area contributed by atoms with Crippen LogP contribution in [0.25, 0.3) is 10.8 Å². The van der Waals surface area contributed by atoms with Crippen molar-refractivity contribution < 1.29 is 9.90 Å². The van der Waals surface area contributed by atoms with E-state index < -0.39 is 6.10 Å². The number of carbonyl (C=O) groups excluding carboxylic acids is 1. The van der Waals surface area contributed by atoms with Crippen LogP contribution in [0.1, 0.15) is 41.6 Å². The number of benzene rings is 2. The van der Waals surface area contributed by atoms with Gasteiger partial charge in [-0.15, -0.1) is 0 Å². The van der Waals surface area contributed by atoms with Gasteiger partial charge in [0.2, 0.25) is 0 Å². The highest BCUT2D eigenvalue weighted by molar-refractivity contribution is 5.98. The van der Waals surface area contributed by atoms with Crippen LogP contribution in [0.5, 0.6) is 0 Å². The number of hydrogen-bond donors (Lipinski definition) is 3. The zero-order valence-corrected chi connectivity index (χ0v) is 14.5. The van der Waals surface area contributed by atoms with E-state index in [1.54, 1.807) is 12.5 Å². The Morgan fingerprint density at radius 2 is 2.00 bits per heavy atom. The van der Waals surface area contributed by atoms with Gasteiger partial charge in [0.05, 0.1) is 12.4 Å². The maximum absolute atomic E-state index is 11.9. The van der Waals surface area contributed by atoms with Crippen molar-refractivity contribution in [1.29, 1.82) is 0 Å². The molecule has 1 aromatic heterocycles. The highest BCUT2D eigenvalue weighted by Gasteiger charge is 2.18. The first-order valence-corrected chi connectivity index (χ1v) is 8.55. The Morgan fingerprint density at radius 3 is 2.72 bits per heavy atom. The Kier molecular flexibility index (Phi) is 5.14. The largest absolute Gasteiger partial charge is 0.388 e. The van der Waals surface area contributed by atoms with Gasteiger partial charge in [0.25, 0.3) is 5.91 Å². The lowest BCUT2D eigenvalue weighted by Crippen LogP contribution is -2.22. The molecule has 0 bridgehead atoms. The summed E-state index contributed by atoms with van der Waals surface area (Å²) < 4.78 is 0. The van der Waals surface area contributed by atoms with Crippen LogP contribution in [0.2, 0.25) is 0 Å². The number of imidazole rings is 1. The van der Waals surface area contributed by atoms with Crippen LogP contribution >= 0.6 is 0 Å². The number of rotatable bonds is 6. The van der Waals surface area contributed by atoms with Gasteiger partial charge in [-0.1, -0.05) is 25.1 Å². The Labute approximate surface area is 147 Å². The zero-order chi connectivity index (χ0) is 17.8. The minimum atomic E-state index is -0.559. The van der Waals surface area contributed by atoms with Crippen molar-refractivity contribution in [3.05, 3.63) is 65.7 Å². The summed E-state index contributed by atoms with van der Waals surface area (Å²) in [7, 11) is 0. The van der Waals surface area contributed by atoms with Crippen molar-refractivity contribution in [2.24, 2.45) is 5.92 Å². The Balaban J connectivity index is 1.80. The number of aromatic nitrogens is 2. The molecule has 0 saturated carbocycles. The normalized spacial score (nSPS) is 13.6. The Morgan fingerprint density at radius 1 is 1.24 bits per heavy atom. The van der Waals surface area contributed by atoms with E-state index in [4.69, 9.17) is 0 Å². The molecule has 0 fully saturated rings. The second-order valence-electron chi connectivity index (χ2n) is 6.38. The summed E-state index contributed by atoms with van der Waals surface area (Å²) in [6, 6.07) is 11.5. The van der Waals surface area contributed by atoms with Gasteiger partial charge < -0.3 is 15.4 Å². The summed E-state index contributed by atoms with van der Waals surface area (Å²) in [5.41, 5.74) is 2.54. The highest BCUT2D eigenvalue weighted by Crippen LogP contribution is 2.27. The molecule has 5 nitrogen and oxygen atoms in total. The second-order valence-corrected chi connectivity index (χ2v) is 6.38. The van der Waals surface area contributed by atoms with Crippen molar-refractivity contribution in [2.75, 3.05) is 6.54 Å². The topological polar surface area (TPSA) is 78.0 Å². The standard InChI is InChI=1S/C20H23N3O2/c1-3-22-20(25)17-7-5-14-9-16(6-4-15(14)10-17)19(24)13(2)8-18-11-21-12-23-18/h4-7,9-13,19,24H,3,8H2,1-2H3,(H,21,23)(H,22,25). The average molecular weight is 337 g/mol. The molecule has 1 heterocycles. The Hall–Kier alpha value is -2.66. The molecular weight excluding hydrogens is 314 g/mol. The van der Waals surface area contributed by atoms with Gasteiger partial charge in [-0.3, -0.25) is 4.79 Å². The predicted octanol–water partition coefficient (Wildman–Crippen LogP) is 3.22. The smallest absolute Gasteiger partial charge is 0.251 e. The molecule has 0 saturated heterocycles. The van der Waals surface area contributed by atoms with Crippen molar-refractivity contribution in [3.8, 4) is 0 Å². The molecule has 130 valence electrons. The van der Waals surface area contributed by atoms with Crippen molar-refractivity contribution in [1.82, 2.24) is 15.3 Å². The van der Waals surface area contributed by atoms with Gasteiger partial charge in [0.15, 0.2) is 0 Å². The van der Waals surface area contributed by atoms with Crippen LogP contribution in [0.4, 0.5) is 0 Å². The second kappa shape index (κ2) is 7.49. The van der Waals surface area contributed by atoms with Crippen LogP contribution < -0.4 is 5.32 Å². The lowest BCUT2D eigenvalue weighted by Gasteiger charge is -2.19. The molecule has 25 heavy (non-hydrogen) atoms. The van der Waals surface area contributed by atoms with Crippen LogP contribution in [-0.2, 0) is 6.42 Å². The van der Waals surface area contributed by atoms with Crippen LogP contribution in [-0.4, -0.2) is 27.5 Å². The number of amides is 1. The first kappa shape index (κ1) is 17.2. The number of aliphatic hydroxyl groups excluding tert-OH is 1. The van der Waals surface area contributed by atoms with Gasteiger partial charge >= 0.3 is 0 Å². The molecule has 0 spiro atoms. The van der Waals surface area contributed by atoms with E-state index in [-0.39, 0.29) is 11.8 Å². The van der Waals surface area contributed by atoms with E-state index in [1.165, 1.54) is 0 Å². The molecule has 0 aliphatic rings. The van der Waals surface area contributed by atoms with E-state index >= 15 is 0 Å². The van der Waals surface area contributed by atoms with Gasteiger partial charge in [0.1, 0.15) is 0 Å². The number of H-pyrrole nitrogens is 1. The molecule has 0 aliphatic carbocycles. The number of hydrogen-bond acceptors (Lipinski definition) is 3. The summed E-state index contributed by atoms with van der Waals surface area (Å²) in [5, 5.41) is 15.5. The summed E-state index contributed by atoms with van der Waals surface area (Å²) in [4.78, 5) is 19.0. The molecule has 5 heteroatoms. The monoisotopic (exact) mass is 337 g/mol. The molecule has 0 radical (unpaired) electrons. The van der Waals surface area contributed by atoms with E-state index in [0.717, 1.165) is 28.5 Å². The number of nitrogens with zero attached hydrogens (tertiary/aromatic N) is 1. The number of aliphatic hydroxyl groups is 1. The van der Waals surface area contributed by atoms with Crippen LogP contribution in [0.3, 0.4) is 0 Å². The highest BCUT2D eigenvalue weighted by atomic mass is 16.3. The van der Waals surface area contributed by atoms with Crippen LogP contribution in [0, 0.1) is 5.92 Å². The van der Waals surface area contributed by atoms with E-state index in [9.17, 15) is 9.90 Å². The molecule has 3 N–H and O–H groups in total. The lowest BCUT2D eigenvalue weighted by molar-refractivity contribution is 0.0956. The minimum absolute atomic E-state index is 0.0625. The molecule has 2 unspecified atom stereocenters. The Bertz CT molecular complexity index is 859. The summed E-state index contributed by atoms with van der Waals surface area (Å²) in [6.45, 7) is 4.53. The maximum atomic E-state index is 11.9. The van der Waals surface area contributed by atoms with E-state index in [2.05, 4.69) is 15.3 Å². The molecule has 0 aliphatic heterocycles. The maximum Gasteiger partial charge on any atom is 0.251 e. The third-order valence-electron chi connectivity index (χ3n) is 4.44. The fourth-order valence-corrected chi connectivity index (χ4v) is 3.04. The summed E-state index contributed by atoms with van der Waals surface area (Å²) >= 11 is 0. The average Bonchev–Trinajstić information content (AvgIpc) is 3.13. The van der Waals surface area contributed by atoms with Gasteiger partial charge in [0, 0.05) is 24.0 Å². The fourth-order valence-electron chi connectivity index (χ4n) is 3.04. The quantitative estimate of drug-likeness (QED) is 0.646. The van der Waals surface area contributed by atoms with Gasteiger partial charge in [-0.2, -0.15) is 0 Å². The molecule has 2 aromatic carbocycles. The SMILES string of the molecule is CCNC(=O)c1ccc2cc(C(O)C(C)Cc3cnc[nH]3)ccc2c1. The predicted molar refractivity (Wildman–Crippen MR) is 98.4 cm³/mol. The van der Waals surface area contributed by atoms with Gasteiger partial charge in [-0.25, -0.2) is 4.98 Å². The molecule has 3 aromatic rings. The fraction of sp³-hybridized carbons (Fsp3) is 0.300. The molecule has 2 atom stereocenters. The molecular formula is C20H23N3O2. The van der Waals surface area contributed by atoms with E-state index in [0.29, 0.717) is 12.1 Å².